The predicted octanol–water partition coefficient (Wildman–Crippen LogP) is 0.0892. The third-order valence-corrected chi connectivity index (χ3v) is 3.41. The molecule has 19 heavy (non-hydrogen) atoms. The van der Waals surface area contributed by atoms with Crippen LogP contribution in [0.1, 0.15) is 19.8 Å². The highest BCUT2D eigenvalue weighted by Gasteiger charge is 2.30. The molecule has 0 aliphatic carbocycles. The highest BCUT2D eigenvalue weighted by molar-refractivity contribution is 7.80. The summed E-state index contributed by atoms with van der Waals surface area (Å²) >= 11 is 4.90. The molecule has 2 atom stereocenters. The van der Waals surface area contributed by atoms with E-state index in [9.17, 15) is 9.59 Å². The van der Waals surface area contributed by atoms with Gasteiger partial charge in [-0.05, 0) is 6.42 Å². The van der Waals surface area contributed by atoms with Crippen LogP contribution in [-0.4, -0.2) is 54.7 Å². The average molecular weight is 288 g/mol. The molecular formula is C12H20N2O4S. The first-order chi connectivity index (χ1) is 8.99. The molecule has 0 saturated carbocycles. The first kappa shape index (κ1) is 15.8. The largest absolute Gasteiger partial charge is 0.469 e. The summed E-state index contributed by atoms with van der Waals surface area (Å²) in [5.41, 5.74) is 5.57. The van der Waals surface area contributed by atoms with Crippen LogP contribution in [0.25, 0.3) is 0 Å². The minimum absolute atomic E-state index is 0.0897. The van der Waals surface area contributed by atoms with Gasteiger partial charge in [-0.2, -0.15) is 0 Å². The molecule has 7 heteroatoms. The molecule has 1 heterocycles. The maximum Gasteiger partial charge on any atom is 0.308 e. The van der Waals surface area contributed by atoms with Crippen molar-refractivity contribution in [3.8, 4) is 0 Å². The molecule has 0 bridgehead atoms. The normalized spacial score (nSPS) is 20.7. The summed E-state index contributed by atoms with van der Waals surface area (Å²) in [6, 6.07) is 0. The first-order valence-electron chi connectivity index (χ1n) is 6.26. The lowest BCUT2D eigenvalue weighted by Gasteiger charge is -2.34. The number of morpholine rings is 1. The zero-order valence-corrected chi connectivity index (χ0v) is 12.1. The van der Waals surface area contributed by atoms with Crippen molar-refractivity contribution in [2.75, 3.05) is 26.8 Å². The van der Waals surface area contributed by atoms with E-state index in [0.29, 0.717) is 26.1 Å². The summed E-state index contributed by atoms with van der Waals surface area (Å²) < 4.78 is 10.0. The van der Waals surface area contributed by atoms with Gasteiger partial charge < -0.3 is 20.1 Å². The van der Waals surface area contributed by atoms with Gasteiger partial charge in [-0.1, -0.05) is 19.1 Å². The highest BCUT2D eigenvalue weighted by Crippen LogP contribution is 2.14. The van der Waals surface area contributed by atoms with Crippen LogP contribution in [0.15, 0.2) is 0 Å². The number of ether oxygens (including phenoxy) is 2. The van der Waals surface area contributed by atoms with Crippen molar-refractivity contribution in [2.24, 2.45) is 11.7 Å². The van der Waals surface area contributed by atoms with Crippen LogP contribution in [0.2, 0.25) is 0 Å². The van der Waals surface area contributed by atoms with Crippen LogP contribution in [0.5, 0.6) is 0 Å². The number of hydrogen-bond acceptors (Lipinski definition) is 5. The second-order valence-electron chi connectivity index (χ2n) is 4.42. The Kier molecular flexibility index (Phi) is 6.17. The summed E-state index contributed by atoms with van der Waals surface area (Å²) in [5, 5.41) is 0. The first-order valence-corrected chi connectivity index (χ1v) is 6.66. The van der Waals surface area contributed by atoms with Crippen molar-refractivity contribution < 1.29 is 19.1 Å². The molecule has 1 fully saturated rings. The second-order valence-corrected chi connectivity index (χ2v) is 4.89. The fourth-order valence-corrected chi connectivity index (χ4v) is 2.30. The van der Waals surface area contributed by atoms with Crippen molar-refractivity contribution in [3.63, 3.8) is 0 Å². The number of thiocarbonyl (C=S) groups is 1. The van der Waals surface area contributed by atoms with E-state index in [1.54, 1.807) is 4.90 Å². The molecule has 108 valence electrons. The van der Waals surface area contributed by atoms with Crippen molar-refractivity contribution in [2.45, 2.75) is 25.9 Å². The zero-order chi connectivity index (χ0) is 14.4. The lowest BCUT2D eigenvalue weighted by Crippen LogP contribution is -2.50. The van der Waals surface area contributed by atoms with E-state index in [2.05, 4.69) is 4.74 Å². The van der Waals surface area contributed by atoms with E-state index >= 15 is 0 Å². The number of hydrogen-bond donors (Lipinski definition) is 1. The summed E-state index contributed by atoms with van der Waals surface area (Å²) in [7, 11) is 1.33. The molecule has 0 aromatic carbocycles. The van der Waals surface area contributed by atoms with E-state index in [0.717, 1.165) is 0 Å². The molecule has 2 N–H and O–H groups in total. The predicted molar refractivity (Wildman–Crippen MR) is 73.5 cm³/mol. The lowest BCUT2D eigenvalue weighted by atomic mass is 10.0. The molecule has 0 aromatic heterocycles. The van der Waals surface area contributed by atoms with Gasteiger partial charge in [0.2, 0.25) is 5.91 Å². The molecule has 1 amide bonds. The van der Waals surface area contributed by atoms with Gasteiger partial charge in [0.1, 0.15) is 0 Å². The molecule has 1 aliphatic heterocycles. The highest BCUT2D eigenvalue weighted by atomic mass is 32.1. The summed E-state index contributed by atoms with van der Waals surface area (Å²) in [6.45, 7) is 3.14. The molecule has 6 nitrogen and oxygen atoms in total. The van der Waals surface area contributed by atoms with Crippen molar-refractivity contribution >= 4 is 29.1 Å². The molecule has 1 aliphatic rings. The Hall–Kier alpha value is -1.21. The Bertz CT molecular complexity index is 362. The molecule has 0 aromatic rings. The number of esters is 1. The average Bonchev–Trinajstić information content (AvgIpc) is 2.39. The minimum atomic E-state index is -0.438. The molecule has 0 spiro atoms. The summed E-state index contributed by atoms with van der Waals surface area (Å²) in [6.07, 6.45) is 0.395. The van der Waals surface area contributed by atoms with E-state index < -0.39 is 5.92 Å². The molecule has 0 radical (unpaired) electrons. The Labute approximate surface area is 118 Å². The van der Waals surface area contributed by atoms with Gasteiger partial charge in [-0.3, -0.25) is 9.59 Å². The van der Waals surface area contributed by atoms with E-state index in [1.165, 1.54) is 7.11 Å². The maximum absolute atomic E-state index is 12.3. The molecule has 1 saturated heterocycles. The second kappa shape index (κ2) is 7.40. The quantitative estimate of drug-likeness (QED) is 0.570. The van der Waals surface area contributed by atoms with Gasteiger partial charge in [0, 0.05) is 13.1 Å². The smallest absolute Gasteiger partial charge is 0.308 e. The number of carbonyl (C=O) groups is 2. The van der Waals surface area contributed by atoms with Crippen LogP contribution in [0, 0.1) is 5.92 Å². The third kappa shape index (κ3) is 4.43. The summed E-state index contributed by atoms with van der Waals surface area (Å²) in [5.74, 6) is -0.874. The fraction of sp³-hybridized carbons (Fsp3) is 0.750. The van der Waals surface area contributed by atoms with Gasteiger partial charge in [0.05, 0.1) is 37.1 Å². The Morgan fingerprint density at radius 2 is 2.26 bits per heavy atom. The SMILES string of the molecule is CCC(C(=O)N1CCOC(CC(=O)OC)C1)C(N)=S. The minimum Gasteiger partial charge on any atom is -0.469 e. The van der Waals surface area contributed by atoms with Crippen molar-refractivity contribution in [3.05, 3.63) is 0 Å². The fourth-order valence-electron chi connectivity index (χ4n) is 2.03. The lowest BCUT2D eigenvalue weighted by molar-refractivity contribution is -0.150. The number of methoxy groups -OCH3 is 1. The molecular weight excluding hydrogens is 268 g/mol. The standard InChI is InChI=1S/C12H20N2O4S/c1-3-9(11(13)19)12(16)14-4-5-18-8(7-14)6-10(15)17-2/h8-9H,3-7H2,1-2H3,(H2,13,19). The number of rotatable bonds is 5. The van der Waals surface area contributed by atoms with Crippen molar-refractivity contribution in [1.29, 1.82) is 0 Å². The Balaban J connectivity index is 2.61. The van der Waals surface area contributed by atoms with Gasteiger partial charge in [0.15, 0.2) is 0 Å². The van der Waals surface area contributed by atoms with Gasteiger partial charge in [-0.25, -0.2) is 0 Å². The van der Waals surface area contributed by atoms with Gasteiger partial charge in [-0.15, -0.1) is 0 Å². The van der Waals surface area contributed by atoms with Crippen molar-refractivity contribution in [1.82, 2.24) is 4.90 Å². The number of nitrogens with zero attached hydrogens (tertiary/aromatic N) is 1. The van der Waals surface area contributed by atoms with Crippen LogP contribution in [0.3, 0.4) is 0 Å². The molecule has 1 rings (SSSR count). The van der Waals surface area contributed by atoms with Crippen LogP contribution < -0.4 is 5.73 Å². The number of amides is 1. The number of carbonyl (C=O) groups excluding carboxylic acids is 2. The Morgan fingerprint density at radius 1 is 1.58 bits per heavy atom. The van der Waals surface area contributed by atoms with Crippen LogP contribution in [0.4, 0.5) is 0 Å². The van der Waals surface area contributed by atoms with Crippen LogP contribution in [-0.2, 0) is 19.1 Å². The van der Waals surface area contributed by atoms with Gasteiger partial charge in [0.25, 0.3) is 0 Å². The Morgan fingerprint density at radius 3 is 2.79 bits per heavy atom. The van der Waals surface area contributed by atoms with E-state index in [4.69, 9.17) is 22.7 Å². The summed E-state index contributed by atoms with van der Waals surface area (Å²) in [4.78, 5) is 25.3. The van der Waals surface area contributed by atoms with Gasteiger partial charge >= 0.3 is 5.97 Å². The van der Waals surface area contributed by atoms with Crippen LogP contribution >= 0.6 is 12.2 Å². The third-order valence-electron chi connectivity index (χ3n) is 3.12. The molecule has 2 unspecified atom stereocenters. The zero-order valence-electron chi connectivity index (χ0n) is 11.3. The topological polar surface area (TPSA) is 81.9 Å². The van der Waals surface area contributed by atoms with E-state index in [-0.39, 0.29) is 29.4 Å². The van der Waals surface area contributed by atoms with E-state index in [1.807, 2.05) is 6.92 Å². The maximum atomic E-state index is 12.3. The monoisotopic (exact) mass is 288 g/mol. The number of nitrogens with two attached hydrogens (primary N) is 1.